The number of halogens is 1. The molecule has 0 bridgehead atoms. The number of benzene rings is 2. The van der Waals surface area contributed by atoms with Crippen molar-refractivity contribution in [3.63, 3.8) is 0 Å². The van der Waals surface area contributed by atoms with Gasteiger partial charge in [-0.1, -0.05) is 41.9 Å². The lowest BCUT2D eigenvalue weighted by Crippen LogP contribution is -2.30. The first-order valence-corrected chi connectivity index (χ1v) is 11.2. The first-order valence-electron chi connectivity index (χ1n) is 9.82. The molecule has 0 radical (unpaired) electrons. The Balaban J connectivity index is 1.30. The Labute approximate surface area is 181 Å². The number of amides is 2. The van der Waals surface area contributed by atoms with Crippen LogP contribution in [0.15, 0.2) is 70.6 Å². The molecule has 2 aliphatic rings. The van der Waals surface area contributed by atoms with E-state index in [-0.39, 0.29) is 6.03 Å². The summed E-state index contributed by atoms with van der Waals surface area (Å²) in [7, 11) is 0. The molecule has 4 nitrogen and oxygen atoms in total. The number of nitrogens with zero attached hydrogens (tertiary/aromatic N) is 1. The molecule has 0 aromatic heterocycles. The molecule has 2 aliphatic heterocycles. The highest BCUT2D eigenvalue weighted by Crippen LogP contribution is 2.34. The van der Waals surface area contributed by atoms with Crippen LogP contribution in [0.2, 0.25) is 0 Å². The molecule has 0 spiro atoms. The third kappa shape index (κ3) is 5.37. The molecular weight excluding hydrogens is 402 g/mol. The molecule has 150 valence electrons. The van der Waals surface area contributed by atoms with Gasteiger partial charge in [0.05, 0.1) is 0 Å². The van der Waals surface area contributed by atoms with Crippen LogP contribution in [0.5, 0.6) is 0 Å². The zero-order valence-corrected chi connectivity index (χ0v) is 17.7. The first kappa shape index (κ1) is 19.9. The van der Waals surface area contributed by atoms with Crippen molar-refractivity contribution >= 4 is 40.8 Å². The average molecular weight is 426 g/mol. The van der Waals surface area contributed by atoms with Crippen molar-refractivity contribution in [2.75, 3.05) is 35.6 Å². The van der Waals surface area contributed by atoms with Crippen LogP contribution in [0.4, 0.5) is 16.2 Å². The second kappa shape index (κ2) is 9.42. The Bertz CT molecular complexity index is 942. The fourth-order valence-corrected chi connectivity index (χ4v) is 4.64. The van der Waals surface area contributed by atoms with Gasteiger partial charge in [-0.15, -0.1) is 11.8 Å². The number of urea groups is 1. The highest BCUT2D eigenvalue weighted by Gasteiger charge is 2.21. The Morgan fingerprint density at radius 3 is 2.79 bits per heavy atom. The molecule has 0 saturated carbocycles. The Kier molecular flexibility index (Phi) is 6.47. The van der Waals surface area contributed by atoms with Crippen LogP contribution >= 0.6 is 23.4 Å². The lowest BCUT2D eigenvalue weighted by atomic mass is 10.1. The van der Waals surface area contributed by atoms with E-state index in [0.29, 0.717) is 6.54 Å². The van der Waals surface area contributed by atoms with Crippen molar-refractivity contribution in [2.45, 2.75) is 12.8 Å². The Morgan fingerprint density at radius 2 is 2.00 bits per heavy atom. The summed E-state index contributed by atoms with van der Waals surface area (Å²) in [6.07, 6.45) is 5.93. The van der Waals surface area contributed by atoms with Crippen molar-refractivity contribution in [1.82, 2.24) is 5.32 Å². The number of rotatable bonds is 6. The molecule has 4 rings (SSSR count). The summed E-state index contributed by atoms with van der Waals surface area (Å²) in [6.45, 7) is 2.52. The quantitative estimate of drug-likeness (QED) is 0.671. The van der Waals surface area contributed by atoms with Gasteiger partial charge in [0.2, 0.25) is 0 Å². The third-order valence-electron chi connectivity index (χ3n) is 5.06. The van der Waals surface area contributed by atoms with Crippen LogP contribution in [0.1, 0.15) is 11.1 Å². The smallest absolute Gasteiger partial charge is 0.319 e. The van der Waals surface area contributed by atoms with E-state index < -0.39 is 0 Å². The highest BCUT2D eigenvalue weighted by atomic mass is 35.5. The van der Waals surface area contributed by atoms with Gasteiger partial charge in [0.1, 0.15) is 0 Å². The molecule has 0 unspecified atom stereocenters. The SMILES string of the molecule is O=C(NCCc1ccccc1)Nc1ccc2c(c1)CCN2CC1=CC=C(Cl)CS1. The molecule has 2 heterocycles. The predicted octanol–water partition coefficient (Wildman–Crippen LogP) is 5.17. The van der Waals surface area contributed by atoms with Crippen LogP contribution < -0.4 is 15.5 Å². The fraction of sp³-hybridized carbons (Fsp3) is 0.261. The summed E-state index contributed by atoms with van der Waals surface area (Å²) in [5.41, 5.74) is 4.59. The monoisotopic (exact) mass is 425 g/mol. The lowest BCUT2D eigenvalue weighted by Gasteiger charge is -2.22. The molecule has 2 aromatic rings. The van der Waals surface area contributed by atoms with Crippen LogP contribution in [0, 0.1) is 0 Å². The Morgan fingerprint density at radius 1 is 1.14 bits per heavy atom. The standard InChI is InChI=1S/C23H24ClN3OS/c24-19-6-8-21(29-16-19)15-27-13-11-18-14-20(7-9-22(18)27)26-23(28)25-12-10-17-4-2-1-3-5-17/h1-9,14H,10-13,15-16H2,(H2,25,26,28). The number of allylic oxidation sites excluding steroid dienone is 2. The molecule has 2 amide bonds. The number of carbonyl (C=O) groups is 1. The van der Waals surface area contributed by atoms with Crippen LogP contribution in [-0.4, -0.2) is 31.4 Å². The summed E-state index contributed by atoms with van der Waals surface area (Å²) in [5, 5.41) is 6.78. The predicted molar refractivity (Wildman–Crippen MR) is 124 cm³/mol. The van der Waals surface area contributed by atoms with E-state index in [1.807, 2.05) is 30.3 Å². The number of thioether (sulfide) groups is 1. The molecule has 0 aliphatic carbocycles. The zero-order valence-electron chi connectivity index (χ0n) is 16.2. The van der Waals surface area contributed by atoms with E-state index in [0.717, 1.165) is 42.4 Å². The van der Waals surface area contributed by atoms with E-state index in [1.54, 1.807) is 11.8 Å². The zero-order chi connectivity index (χ0) is 20.1. The van der Waals surface area contributed by atoms with Gasteiger partial charge >= 0.3 is 6.03 Å². The number of hydrogen-bond donors (Lipinski definition) is 2. The minimum atomic E-state index is -0.164. The van der Waals surface area contributed by atoms with E-state index in [9.17, 15) is 4.79 Å². The number of carbonyl (C=O) groups excluding carboxylic acids is 1. The van der Waals surface area contributed by atoms with E-state index >= 15 is 0 Å². The molecule has 0 fully saturated rings. The van der Waals surface area contributed by atoms with Gasteiger partial charge in [0.15, 0.2) is 0 Å². The third-order valence-corrected chi connectivity index (χ3v) is 6.57. The number of anilines is 2. The van der Waals surface area contributed by atoms with E-state index in [1.165, 1.54) is 21.7 Å². The summed E-state index contributed by atoms with van der Waals surface area (Å²) in [6, 6.07) is 16.2. The lowest BCUT2D eigenvalue weighted by molar-refractivity contribution is 0.252. The first-order chi connectivity index (χ1) is 14.2. The van der Waals surface area contributed by atoms with Gasteiger partial charge < -0.3 is 15.5 Å². The molecular formula is C23H24ClN3OS. The molecule has 6 heteroatoms. The van der Waals surface area contributed by atoms with Crippen LogP contribution in [0.25, 0.3) is 0 Å². The topological polar surface area (TPSA) is 44.4 Å². The highest BCUT2D eigenvalue weighted by molar-refractivity contribution is 8.03. The molecule has 2 aromatic carbocycles. The molecule has 2 N–H and O–H groups in total. The average Bonchev–Trinajstić information content (AvgIpc) is 3.12. The fourth-order valence-electron chi connectivity index (χ4n) is 3.58. The number of hydrogen-bond acceptors (Lipinski definition) is 3. The molecule has 0 atom stereocenters. The van der Waals surface area contributed by atoms with Gasteiger partial charge in [-0.05, 0) is 54.3 Å². The van der Waals surface area contributed by atoms with Crippen molar-refractivity contribution in [3.05, 3.63) is 81.7 Å². The number of nitrogens with one attached hydrogen (secondary N) is 2. The summed E-state index contributed by atoms with van der Waals surface area (Å²) >= 11 is 7.85. The second-order valence-electron chi connectivity index (χ2n) is 7.17. The summed E-state index contributed by atoms with van der Waals surface area (Å²) < 4.78 is 0. The molecule has 29 heavy (non-hydrogen) atoms. The summed E-state index contributed by atoms with van der Waals surface area (Å²) in [5.74, 6) is 0.857. The van der Waals surface area contributed by atoms with Gasteiger partial charge in [0, 0.05) is 46.7 Å². The van der Waals surface area contributed by atoms with Crippen molar-refractivity contribution in [1.29, 1.82) is 0 Å². The van der Waals surface area contributed by atoms with Gasteiger partial charge in [-0.2, -0.15) is 0 Å². The maximum absolute atomic E-state index is 12.2. The molecule has 0 saturated heterocycles. The van der Waals surface area contributed by atoms with Crippen molar-refractivity contribution in [2.24, 2.45) is 0 Å². The Hall–Kier alpha value is -2.37. The van der Waals surface area contributed by atoms with Gasteiger partial charge in [-0.25, -0.2) is 4.79 Å². The number of fused-ring (bicyclic) bond motifs is 1. The maximum atomic E-state index is 12.2. The van der Waals surface area contributed by atoms with Gasteiger partial charge in [0.25, 0.3) is 0 Å². The van der Waals surface area contributed by atoms with Crippen molar-refractivity contribution < 1.29 is 4.79 Å². The van der Waals surface area contributed by atoms with Gasteiger partial charge in [-0.3, -0.25) is 0 Å². The largest absolute Gasteiger partial charge is 0.366 e. The normalized spacial score (nSPS) is 15.4. The van der Waals surface area contributed by atoms with Crippen molar-refractivity contribution in [3.8, 4) is 0 Å². The van der Waals surface area contributed by atoms with Crippen LogP contribution in [-0.2, 0) is 12.8 Å². The maximum Gasteiger partial charge on any atom is 0.319 e. The van der Waals surface area contributed by atoms with Crippen LogP contribution in [0.3, 0.4) is 0 Å². The second-order valence-corrected chi connectivity index (χ2v) is 8.75. The van der Waals surface area contributed by atoms with E-state index in [4.69, 9.17) is 11.6 Å². The summed E-state index contributed by atoms with van der Waals surface area (Å²) in [4.78, 5) is 15.9. The minimum Gasteiger partial charge on any atom is -0.366 e. The minimum absolute atomic E-state index is 0.164. The van der Waals surface area contributed by atoms with E-state index in [2.05, 4.69) is 45.9 Å².